The molecule has 0 aromatic carbocycles. The largest absolute Gasteiger partial charge is 0.273 e. The summed E-state index contributed by atoms with van der Waals surface area (Å²) in [6, 6.07) is 0.194. The zero-order valence-corrected chi connectivity index (χ0v) is 10.5. The number of hydrazine groups is 1. The molecule has 0 amide bonds. The standard InChI is InChI=1S/C13H22N4/c1-2-17-10-12(9-15-17)13(16-14)8-11-6-4-3-5-7-11/h6,9-10,13,16H,2-5,7-8,14H2,1H3. The lowest BCUT2D eigenvalue weighted by Gasteiger charge is -2.19. The lowest BCUT2D eigenvalue weighted by molar-refractivity contribution is 0.528. The fourth-order valence-corrected chi connectivity index (χ4v) is 2.36. The summed E-state index contributed by atoms with van der Waals surface area (Å²) < 4.78 is 1.94. The molecular formula is C13H22N4. The fourth-order valence-electron chi connectivity index (χ4n) is 2.36. The van der Waals surface area contributed by atoms with Crippen molar-refractivity contribution in [3.8, 4) is 0 Å². The Bertz CT molecular complexity index is 381. The number of hydrogen-bond acceptors (Lipinski definition) is 3. The first kappa shape index (κ1) is 12.3. The number of nitrogens with one attached hydrogen (secondary N) is 1. The summed E-state index contributed by atoms with van der Waals surface area (Å²) >= 11 is 0. The second kappa shape index (κ2) is 5.98. The smallest absolute Gasteiger partial charge is 0.0538 e. The van der Waals surface area contributed by atoms with Crippen LogP contribution in [0, 0.1) is 0 Å². The Kier molecular flexibility index (Phi) is 4.34. The topological polar surface area (TPSA) is 55.9 Å². The van der Waals surface area contributed by atoms with Gasteiger partial charge in [-0.2, -0.15) is 5.10 Å². The molecule has 17 heavy (non-hydrogen) atoms. The van der Waals surface area contributed by atoms with E-state index >= 15 is 0 Å². The van der Waals surface area contributed by atoms with Crippen LogP contribution in [0.4, 0.5) is 0 Å². The summed E-state index contributed by atoms with van der Waals surface area (Å²) in [4.78, 5) is 0. The molecule has 4 heteroatoms. The van der Waals surface area contributed by atoms with Gasteiger partial charge in [0.25, 0.3) is 0 Å². The molecule has 1 aromatic rings. The van der Waals surface area contributed by atoms with Crippen molar-refractivity contribution in [3.05, 3.63) is 29.6 Å². The molecule has 1 aromatic heterocycles. The van der Waals surface area contributed by atoms with Crippen molar-refractivity contribution in [1.82, 2.24) is 15.2 Å². The minimum Gasteiger partial charge on any atom is -0.273 e. The van der Waals surface area contributed by atoms with Crippen molar-refractivity contribution in [2.24, 2.45) is 5.84 Å². The van der Waals surface area contributed by atoms with Gasteiger partial charge in [-0.1, -0.05) is 11.6 Å². The third kappa shape index (κ3) is 3.17. The molecule has 0 fully saturated rings. The van der Waals surface area contributed by atoms with Crippen LogP contribution in [0.3, 0.4) is 0 Å². The maximum absolute atomic E-state index is 5.66. The number of nitrogens with zero attached hydrogens (tertiary/aromatic N) is 2. The summed E-state index contributed by atoms with van der Waals surface area (Å²) in [5, 5.41) is 4.30. The van der Waals surface area contributed by atoms with Crippen molar-refractivity contribution >= 4 is 0 Å². The Hall–Kier alpha value is -1.13. The molecule has 2 rings (SSSR count). The number of aryl methyl sites for hydroxylation is 1. The summed E-state index contributed by atoms with van der Waals surface area (Å²) in [6.07, 6.45) is 12.5. The number of aromatic nitrogens is 2. The van der Waals surface area contributed by atoms with Crippen molar-refractivity contribution in [2.45, 2.75) is 51.6 Å². The van der Waals surface area contributed by atoms with Crippen LogP contribution in [0.1, 0.15) is 50.6 Å². The highest BCUT2D eigenvalue weighted by Gasteiger charge is 2.15. The molecule has 0 spiro atoms. The first-order valence-corrected chi connectivity index (χ1v) is 6.50. The predicted molar refractivity (Wildman–Crippen MR) is 69.1 cm³/mol. The van der Waals surface area contributed by atoms with Crippen LogP contribution in [-0.2, 0) is 6.54 Å². The highest BCUT2D eigenvalue weighted by molar-refractivity contribution is 5.16. The van der Waals surface area contributed by atoms with E-state index in [9.17, 15) is 0 Å². The van der Waals surface area contributed by atoms with Gasteiger partial charge in [0.05, 0.1) is 12.2 Å². The summed E-state index contributed by atoms with van der Waals surface area (Å²) in [5.41, 5.74) is 5.62. The predicted octanol–water partition coefficient (Wildman–Crippen LogP) is 2.30. The van der Waals surface area contributed by atoms with Gasteiger partial charge >= 0.3 is 0 Å². The van der Waals surface area contributed by atoms with E-state index in [-0.39, 0.29) is 6.04 Å². The van der Waals surface area contributed by atoms with Gasteiger partial charge in [-0.05, 0) is 39.0 Å². The lowest BCUT2D eigenvalue weighted by Crippen LogP contribution is -2.28. The molecule has 0 radical (unpaired) electrons. The maximum atomic E-state index is 5.66. The third-order valence-corrected chi connectivity index (χ3v) is 3.43. The molecule has 0 saturated carbocycles. The van der Waals surface area contributed by atoms with E-state index in [0.717, 1.165) is 13.0 Å². The Morgan fingerprint density at radius 1 is 1.53 bits per heavy atom. The van der Waals surface area contributed by atoms with Crippen LogP contribution >= 0.6 is 0 Å². The van der Waals surface area contributed by atoms with E-state index < -0.39 is 0 Å². The van der Waals surface area contributed by atoms with Gasteiger partial charge in [0.2, 0.25) is 0 Å². The molecule has 1 unspecified atom stereocenters. The molecule has 0 aliphatic heterocycles. The average molecular weight is 234 g/mol. The van der Waals surface area contributed by atoms with E-state index in [2.05, 4.69) is 29.7 Å². The lowest BCUT2D eigenvalue weighted by atomic mass is 9.93. The van der Waals surface area contributed by atoms with E-state index in [1.807, 2.05) is 10.9 Å². The van der Waals surface area contributed by atoms with Crippen molar-refractivity contribution in [3.63, 3.8) is 0 Å². The zero-order chi connectivity index (χ0) is 12.1. The van der Waals surface area contributed by atoms with Crippen LogP contribution in [0.15, 0.2) is 24.0 Å². The molecule has 0 saturated heterocycles. The monoisotopic (exact) mass is 234 g/mol. The molecular weight excluding hydrogens is 212 g/mol. The third-order valence-electron chi connectivity index (χ3n) is 3.43. The molecule has 3 N–H and O–H groups in total. The number of nitrogens with two attached hydrogens (primary N) is 1. The van der Waals surface area contributed by atoms with Gasteiger partial charge in [0, 0.05) is 18.3 Å². The van der Waals surface area contributed by atoms with Gasteiger partial charge in [0.15, 0.2) is 0 Å². The highest BCUT2D eigenvalue weighted by Crippen LogP contribution is 2.26. The van der Waals surface area contributed by atoms with Crippen LogP contribution in [-0.4, -0.2) is 9.78 Å². The quantitative estimate of drug-likeness (QED) is 0.467. The first-order valence-electron chi connectivity index (χ1n) is 6.50. The minimum absolute atomic E-state index is 0.194. The minimum atomic E-state index is 0.194. The van der Waals surface area contributed by atoms with Crippen molar-refractivity contribution in [1.29, 1.82) is 0 Å². The molecule has 0 bridgehead atoms. The molecule has 1 aliphatic carbocycles. The first-order chi connectivity index (χ1) is 8.33. The van der Waals surface area contributed by atoms with Crippen molar-refractivity contribution in [2.75, 3.05) is 0 Å². The number of allylic oxidation sites excluding steroid dienone is 1. The maximum Gasteiger partial charge on any atom is 0.0538 e. The molecule has 1 heterocycles. The van der Waals surface area contributed by atoms with E-state index in [1.54, 1.807) is 0 Å². The van der Waals surface area contributed by atoms with Crippen LogP contribution in [0.5, 0.6) is 0 Å². The Balaban J connectivity index is 2.02. The van der Waals surface area contributed by atoms with Gasteiger partial charge in [-0.25, -0.2) is 0 Å². The van der Waals surface area contributed by atoms with E-state index in [1.165, 1.54) is 36.8 Å². The molecule has 4 nitrogen and oxygen atoms in total. The van der Waals surface area contributed by atoms with Crippen LogP contribution in [0.2, 0.25) is 0 Å². The Morgan fingerprint density at radius 3 is 3.00 bits per heavy atom. The van der Waals surface area contributed by atoms with Crippen LogP contribution in [0.25, 0.3) is 0 Å². The Morgan fingerprint density at radius 2 is 2.41 bits per heavy atom. The van der Waals surface area contributed by atoms with Crippen LogP contribution < -0.4 is 11.3 Å². The molecule has 1 atom stereocenters. The normalized spacial score (nSPS) is 17.9. The molecule has 94 valence electrons. The van der Waals surface area contributed by atoms with E-state index in [0.29, 0.717) is 0 Å². The van der Waals surface area contributed by atoms with Gasteiger partial charge < -0.3 is 0 Å². The fraction of sp³-hybridized carbons (Fsp3) is 0.615. The van der Waals surface area contributed by atoms with Crippen molar-refractivity contribution < 1.29 is 0 Å². The molecule has 1 aliphatic rings. The van der Waals surface area contributed by atoms with Gasteiger partial charge in [0.1, 0.15) is 0 Å². The Labute approximate surface area is 103 Å². The van der Waals surface area contributed by atoms with Gasteiger partial charge in [-0.3, -0.25) is 16.0 Å². The van der Waals surface area contributed by atoms with E-state index in [4.69, 9.17) is 5.84 Å². The highest BCUT2D eigenvalue weighted by atomic mass is 15.3. The summed E-state index contributed by atoms with van der Waals surface area (Å²) in [7, 11) is 0. The number of rotatable bonds is 5. The summed E-state index contributed by atoms with van der Waals surface area (Å²) in [6.45, 7) is 2.99. The number of hydrogen-bond donors (Lipinski definition) is 2. The zero-order valence-electron chi connectivity index (χ0n) is 10.5. The average Bonchev–Trinajstić information content (AvgIpc) is 2.86. The summed E-state index contributed by atoms with van der Waals surface area (Å²) in [5.74, 6) is 5.66. The van der Waals surface area contributed by atoms with Gasteiger partial charge in [-0.15, -0.1) is 0 Å². The second-order valence-electron chi connectivity index (χ2n) is 4.66. The SMILES string of the molecule is CCn1cc(C(CC2=CCCCC2)NN)cn1. The second-order valence-corrected chi connectivity index (χ2v) is 4.66.